The molecule has 0 unspecified atom stereocenters. The Morgan fingerprint density at radius 3 is 1.08 bits per heavy atom. The molecule has 0 aliphatic carbocycles. The first-order valence-electron chi connectivity index (χ1n) is 0.975. The van der Waals surface area contributed by atoms with E-state index in [1.807, 2.05) is 0 Å². The van der Waals surface area contributed by atoms with Crippen LogP contribution in [-0.2, 0) is 65.4 Å². The second-order valence-electron chi connectivity index (χ2n) is 0.467. The number of hydrogen-bond acceptors (Lipinski definition) is 5. The van der Waals surface area contributed by atoms with Crippen LogP contribution in [0.25, 0.3) is 0 Å². The van der Waals surface area contributed by atoms with Crippen molar-refractivity contribution in [1.29, 1.82) is 0 Å². The maximum Gasteiger partial charge on any atom is 2.00 e. The van der Waals surface area contributed by atoms with Gasteiger partial charge in [0.15, 0.2) is 0 Å². The Balaban J connectivity index is -0.0000000119. The minimum atomic E-state index is -5.17. The normalized spacial score (nSPS) is 6.33. The molecule has 0 rings (SSSR count). The fraction of sp³-hybridized carbons (Fsp3) is 0. The molecular formula is Cl3CuMn2O5S+3. The predicted molar refractivity (Wildman–Crippen MR) is 23.3 cm³/mol. The first-order chi connectivity index (χ1) is 3.41. The SMILES string of the molecule is ClOCl.O=S(=O)([O-])[O-].[Cl-].[Cu+2].[Mn+2].[Mn+2]. The van der Waals surface area contributed by atoms with Crippen molar-refractivity contribution in [2.45, 2.75) is 0 Å². The summed E-state index contributed by atoms with van der Waals surface area (Å²) in [5.74, 6) is 0. The standard InChI is InChI=1S/Cl2O.ClH.Cu.2Mn.H2O4S/c1-3-2;;;;;1-5(2,3)4/h;1H;;;;(H2,1,2,3,4)/q;;3*+2;/p-3. The van der Waals surface area contributed by atoms with Gasteiger partial charge in [0, 0.05) is 10.4 Å². The Kier molecular flexibility index (Phi) is 71.2. The summed E-state index contributed by atoms with van der Waals surface area (Å²) >= 11 is 8.53. The fourth-order valence-electron chi connectivity index (χ4n) is 0. The monoisotopic (exact) mass is 390 g/mol. The van der Waals surface area contributed by atoms with Crippen molar-refractivity contribution < 1.29 is 85.0 Å². The van der Waals surface area contributed by atoms with Gasteiger partial charge < -0.3 is 21.5 Å². The maximum absolute atomic E-state index is 8.52. The summed E-state index contributed by atoms with van der Waals surface area (Å²) in [7, 11) is -5.17. The summed E-state index contributed by atoms with van der Waals surface area (Å²) in [5.41, 5.74) is 0. The zero-order valence-electron chi connectivity index (χ0n) is 4.64. The molecular weight excluding hydrogens is 392 g/mol. The average molecular weight is 392 g/mol. The van der Waals surface area contributed by atoms with Crippen molar-refractivity contribution in [3.63, 3.8) is 0 Å². The molecule has 0 aromatic heterocycles. The van der Waals surface area contributed by atoms with Crippen molar-refractivity contribution in [3.8, 4) is 0 Å². The Hall–Kier alpha value is 2.26. The van der Waals surface area contributed by atoms with Crippen LogP contribution in [0.1, 0.15) is 0 Å². The van der Waals surface area contributed by atoms with Crippen LogP contribution in [0.15, 0.2) is 0 Å². The fourth-order valence-corrected chi connectivity index (χ4v) is 0. The molecule has 79 valence electrons. The van der Waals surface area contributed by atoms with E-state index in [0.717, 1.165) is 0 Å². The van der Waals surface area contributed by atoms with Gasteiger partial charge in [0.1, 0.15) is 0 Å². The van der Waals surface area contributed by atoms with Gasteiger partial charge in [0.25, 0.3) is 0 Å². The molecule has 0 atom stereocenters. The minimum Gasteiger partial charge on any atom is -1.00 e. The molecule has 0 spiro atoms. The summed E-state index contributed by atoms with van der Waals surface area (Å²) in [6.45, 7) is 0. The number of hydrogen-bond donors (Lipinski definition) is 0. The van der Waals surface area contributed by atoms with E-state index in [1.165, 1.54) is 0 Å². The van der Waals surface area contributed by atoms with Crippen molar-refractivity contribution in [3.05, 3.63) is 0 Å². The Bertz CT molecular complexity index is 119. The summed E-state index contributed by atoms with van der Waals surface area (Å²) in [6.07, 6.45) is 0. The zero-order chi connectivity index (χ0) is 7.21. The van der Waals surface area contributed by atoms with Crippen LogP contribution in [0.3, 0.4) is 0 Å². The Labute approximate surface area is 118 Å². The zero-order valence-corrected chi connectivity index (χ0v) is 11.0. The van der Waals surface area contributed by atoms with Crippen LogP contribution in [-0.4, -0.2) is 17.5 Å². The quantitative estimate of drug-likeness (QED) is 0.249. The van der Waals surface area contributed by atoms with Crippen LogP contribution in [0.4, 0.5) is 0 Å². The van der Waals surface area contributed by atoms with Crippen molar-refractivity contribution in [2.24, 2.45) is 0 Å². The molecule has 12 heavy (non-hydrogen) atoms. The van der Waals surface area contributed by atoms with E-state index in [0.29, 0.717) is 0 Å². The summed E-state index contributed by atoms with van der Waals surface area (Å²) in [5, 5.41) is 0. The van der Waals surface area contributed by atoms with Crippen LogP contribution in [0, 0.1) is 0 Å². The molecule has 0 saturated heterocycles. The van der Waals surface area contributed by atoms with Gasteiger partial charge in [-0.15, -0.1) is 0 Å². The molecule has 0 bridgehead atoms. The van der Waals surface area contributed by atoms with E-state index < -0.39 is 10.4 Å². The van der Waals surface area contributed by atoms with Crippen molar-refractivity contribution in [1.82, 2.24) is 0 Å². The summed E-state index contributed by atoms with van der Waals surface area (Å²) in [6, 6.07) is 0. The maximum atomic E-state index is 8.52. The van der Waals surface area contributed by atoms with Gasteiger partial charge >= 0.3 is 51.2 Å². The van der Waals surface area contributed by atoms with Crippen LogP contribution >= 0.6 is 23.7 Å². The molecule has 0 fully saturated rings. The molecule has 0 aliphatic rings. The van der Waals surface area contributed by atoms with Gasteiger partial charge in [0.2, 0.25) is 0 Å². The summed E-state index contributed by atoms with van der Waals surface area (Å²) in [4.78, 5) is 0. The van der Waals surface area contributed by atoms with Crippen LogP contribution in [0.2, 0.25) is 0 Å². The molecule has 5 nitrogen and oxygen atoms in total. The molecule has 0 aromatic rings. The first kappa shape index (κ1) is 36.8. The van der Waals surface area contributed by atoms with Gasteiger partial charge in [-0.1, -0.05) is 0 Å². The van der Waals surface area contributed by atoms with Gasteiger partial charge in [0.05, 0.1) is 23.7 Å². The molecule has 0 N–H and O–H groups in total. The molecule has 0 saturated carbocycles. The molecule has 0 amide bonds. The van der Waals surface area contributed by atoms with Gasteiger partial charge in [-0.2, -0.15) is 3.84 Å². The molecule has 3 radical (unpaired) electrons. The van der Waals surface area contributed by atoms with E-state index in [9.17, 15) is 0 Å². The minimum absolute atomic E-state index is 0. The number of halogens is 3. The Morgan fingerprint density at radius 1 is 1.08 bits per heavy atom. The molecule has 12 heteroatoms. The second-order valence-corrected chi connectivity index (χ2v) is 1.75. The van der Waals surface area contributed by atoms with Crippen LogP contribution < -0.4 is 12.4 Å². The van der Waals surface area contributed by atoms with E-state index in [4.69, 9.17) is 17.5 Å². The van der Waals surface area contributed by atoms with E-state index in [-0.39, 0.29) is 63.6 Å². The topological polar surface area (TPSA) is 89.5 Å². The molecule has 0 heterocycles. The van der Waals surface area contributed by atoms with Crippen molar-refractivity contribution in [2.75, 3.05) is 0 Å². The van der Waals surface area contributed by atoms with Crippen LogP contribution in [0.5, 0.6) is 0 Å². The third-order valence-corrected chi connectivity index (χ3v) is 0. The van der Waals surface area contributed by atoms with Gasteiger partial charge in [-0.25, -0.2) is 0 Å². The van der Waals surface area contributed by atoms with E-state index in [2.05, 4.69) is 27.6 Å². The van der Waals surface area contributed by atoms with Gasteiger partial charge in [-0.3, -0.25) is 8.42 Å². The second kappa shape index (κ2) is 23.2. The Morgan fingerprint density at radius 2 is 1.08 bits per heavy atom. The summed E-state index contributed by atoms with van der Waals surface area (Å²) < 4.78 is 37.3. The molecule has 0 aromatic carbocycles. The molecule has 0 aliphatic heterocycles. The van der Waals surface area contributed by atoms with E-state index in [1.54, 1.807) is 0 Å². The van der Waals surface area contributed by atoms with Crippen molar-refractivity contribution >= 4 is 34.1 Å². The van der Waals surface area contributed by atoms with Gasteiger partial charge in [-0.05, 0) is 0 Å². The third-order valence-electron chi connectivity index (χ3n) is 0. The largest absolute Gasteiger partial charge is 2.00 e. The smallest absolute Gasteiger partial charge is 1.00 e. The average Bonchev–Trinajstić information content (AvgIpc) is 1.27. The predicted octanol–water partition coefficient (Wildman–Crippen LogP) is -3.03. The first-order valence-corrected chi connectivity index (χ1v) is 2.93. The third kappa shape index (κ3) is 305. The number of rotatable bonds is 0. The van der Waals surface area contributed by atoms with E-state index >= 15 is 0 Å².